The van der Waals surface area contributed by atoms with E-state index in [2.05, 4.69) is 36.6 Å². The van der Waals surface area contributed by atoms with E-state index in [9.17, 15) is 4.79 Å². The van der Waals surface area contributed by atoms with Gasteiger partial charge >= 0.3 is 0 Å². The van der Waals surface area contributed by atoms with Gasteiger partial charge in [0.15, 0.2) is 0 Å². The molecule has 0 atom stereocenters. The Bertz CT molecular complexity index is 642. The van der Waals surface area contributed by atoms with Crippen molar-refractivity contribution >= 4 is 17.2 Å². The molecule has 5 heteroatoms. The second-order valence-electron chi connectivity index (χ2n) is 5.94. The first kappa shape index (κ1) is 15.2. The Hall–Kier alpha value is -1.72. The number of quaternary nitrogens is 1. The summed E-state index contributed by atoms with van der Waals surface area (Å²) in [6, 6.07) is 8.53. The number of benzene rings is 1. The topological polar surface area (TPSA) is 37.6 Å². The molecular weight excluding hydrogens is 294 g/mol. The fourth-order valence-corrected chi connectivity index (χ4v) is 3.61. The maximum atomic E-state index is 11.4. The SMILES string of the molecule is CC(=O)N1CC[NH+](Cc2csc(-c3ccc(C)cc3)n2)CC1. The quantitative estimate of drug-likeness (QED) is 0.928. The van der Waals surface area contributed by atoms with Gasteiger partial charge in [-0.2, -0.15) is 0 Å². The summed E-state index contributed by atoms with van der Waals surface area (Å²) in [5.74, 6) is 0.189. The minimum Gasteiger partial charge on any atom is -0.332 e. The summed E-state index contributed by atoms with van der Waals surface area (Å²) < 4.78 is 0. The zero-order valence-corrected chi connectivity index (χ0v) is 13.9. The molecule has 2 heterocycles. The zero-order valence-electron chi connectivity index (χ0n) is 13.1. The third-order valence-corrected chi connectivity index (χ3v) is 5.14. The van der Waals surface area contributed by atoms with Gasteiger partial charge in [-0.15, -0.1) is 11.3 Å². The molecule has 22 heavy (non-hydrogen) atoms. The fraction of sp³-hybridized carbons (Fsp3) is 0.412. The molecule has 1 aromatic heterocycles. The van der Waals surface area contributed by atoms with Crippen LogP contribution in [0.2, 0.25) is 0 Å². The Morgan fingerprint density at radius 3 is 2.59 bits per heavy atom. The van der Waals surface area contributed by atoms with Gasteiger partial charge in [-0.1, -0.05) is 29.8 Å². The van der Waals surface area contributed by atoms with E-state index in [0.29, 0.717) is 0 Å². The van der Waals surface area contributed by atoms with Gasteiger partial charge in [0.25, 0.3) is 0 Å². The third-order valence-electron chi connectivity index (χ3n) is 4.20. The Morgan fingerprint density at radius 2 is 1.95 bits per heavy atom. The summed E-state index contributed by atoms with van der Waals surface area (Å²) in [7, 11) is 0. The van der Waals surface area contributed by atoms with E-state index in [1.165, 1.54) is 16.0 Å². The van der Waals surface area contributed by atoms with Gasteiger partial charge in [-0.05, 0) is 6.92 Å². The monoisotopic (exact) mass is 316 g/mol. The van der Waals surface area contributed by atoms with Crippen molar-refractivity contribution in [2.24, 2.45) is 0 Å². The summed E-state index contributed by atoms with van der Waals surface area (Å²) >= 11 is 1.71. The number of rotatable bonds is 3. The van der Waals surface area contributed by atoms with E-state index in [0.717, 1.165) is 43.4 Å². The van der Waals surface area contributed by atoms with E-state index >= 15 is 0 Å². The highest BCUT2D eigenvalue weighted by Gasteiger charge is 2.22. The van der Waals surface area contributed by atoms with Crippen LogP contribution in [0.4, 0.5) is 0 Å². The minimum atomic E-state index is 0.189. The van der Waals surface area contributed by atoms with Crippen LogP contribution in [0.3, 0.4) is 0 Å². The average molecular weight is 316 g/mol. The molecule has 1 fully saturated rings. The number of aromatic nitrogens is 1. The lowest BCUT2D eigenvalue weighted by molar-refractivity contribution is -0.917. The van der Waals surface area contributed by atoms with Gasteiger partial charge in [-0.3, -0.25) is 4.79 Å². The third kappa shape index (κ3) is 3.54. The molecule has 0 bridgehead atoms. The van der Waals surface area contributed by atoms with Crippen LogP contribution in [-0.4, -0.2) is 42.0 Å². The number of aryl methyl sites for hydroxylation is 1. The molecule has 0 radical (unpaired) electrons. The Balaban J connectivity index is 1.60. The number of carbonyl (C=O) groups excluding carboxylic acids is 1. The van der Waals surface area contributed by atoms with Crippen LogP contribution >= 0.6 is 11.3 Å². The number of piperazine rings is 1. The van der Waals surface area contributed by atoms with Crippen molar-refractivity contribution in [2.45, 2.75) is 20.4 Å². The highest BCUT2D eigenvalue weighted by Crippen LogP contribution is 2.23. The molecule has 4 nitrogen and oxygen atoms in total. The lowest BCUT2D eigenvalue weighted by atomic mass is 10.2. The Morgan fingerprint density at radius 1 is 1.27 bits per heavy atom. The van der Waals surface area contributed by atoms with Crippen molar-refractivity contribution in [3.63, 3.8) is 0 Å². The molecule has 1 amide bonds. The molecule has 2 aromatic rings. The predicted molar refractivity (Wildman–Crippen MR) is 88.9 cm³/mol. The Labute approximate surface area is 135 Å². The molecule has 1 N–H and O–H groups in total. The molecule has 1 saturated heterocycles. The smallest absolute Gasteiger partial charge is 0.219 e. The summed E-state index contributed by atoms with van der Waals surface area (Å²) in [6.45, 7) is 8.45. The van der Waals surface area contributed by atoms with Crippen molar-refractivity contribution in [3.05, 3.63) is 40.9 Å². The molecule has 1 aliphatic rings. The highest BCUT2D eigenvalue weighted by molar-refractivity contribution is 7.13. The highest BCUT2D eigenvalue weighted by atomic mass is 32.1. The lowest BCUT2D eigenvalue weighted by Crippen LogP contribution is -3.13. The first-order valence-electron chi connectivity index (χ1n) is 7.72. The van der Waals surface area contributed by atoms with Crippen molar-refractivity contribution < 1.29 is 9.69 Å². The number of hydrogen-bond donors (Lipinski definition) is 1. The summed E-state index contributed by atoms with van der Waals surface area (Å²) in [4.78, 5) is 19.6. The summed E-state index contributed by atoms with van der Waals surface area (Å²) in [5, 5.41) is 3.26. The van der Waals surface area contributed by atoms with E-state index in [-0.39, 0.29) is 5.91 Å². The molecule has 0 aliphatic carbocycles. The minimum absolute atomic E-state index is 0.189. The van der Waals surface area contributed by atoms with Crippen LogP contribution in [0.25, 0.3) is 10.6 Å². The number of hydrogen-bond acceptors (Lipinski definition) is 3. The van der Waals surface area contributed by atoms with Crippen LogP contribution in [0.5, 0.6) is 0 Å². The normalized spacial score (nSPS) is 16.0. The van der Waals surface area contributed by atoms with Crippen molar-refractivity contribution in [2.75, 3.05) is 26.2 Å². The van der Waals surface area contributed by atoms with Gasteiger partial charge < -0.3 is 9.80 Å². The van der Waals surface area contributed by atoms with E-state index in [4.69, 9.17) is 4.98 Å². The molecule has 1 aromatic carbocycles. The van der Waals surface area contributed by atoms with Gasteiger partial charge in [0, 0.05) is 17.9 Å². The van der Waals surface area contributed by atoms with Crippen molar-refractivity contribution in [3.8, 4) is 10.6 Å². The van der Waals surface area contributed by atoms with Gasteiger partial charge in [0.05, 0.1) is 26.2 Å². The number of amides is 1. The zero-order chi connectivity index (χ0) is 15.5. The fourth-order valence-electron chi connectivity index (χ4n) is 2.79. The van der Waals surface area contributed by atoms with E-state index in [1.807, 2.05) is 4.90 Å². The molecular formula is C17H22N3OS+. The van der Waals surface area contributed by atoms with E-state index < -0.39 is 0 Å². The number of thiazole rings is 1. The summed E-state index contributed by atoms with van der Waals surface area (Å²) in [5.41, 5.74) is 3.62. The largest absolute Gasteiger partial charge is 0.332 e. The molecule has 3 rings (SSSR count). The van der Waals surface area contributed by atoms with Crippen LogP contribution < -0.4 is 4.90 Å². The standard InChI is InChI=1S/C17H21N3OS/c1-13-3-5-15(6-4-13)17-18-16(12-22-17)11-19-7-9-20(10-8-19)14(2)21/h3-6,12H,7-11H2,1-2H3/p+1. The van der Waals surface area contributed by atoms with Crippen LogP contribution in [-0.2, 0) is 11.3 Å². The van der Waals surface area contributed by atoms with Crippen LogP contribution in [0, 0.1) is 6.92 Å². The lowest BCUT2D eigenvalue weighted by Gasteiger charge is -2.31. The van der Waals surface area contributed by atoms with E-state index in [1.54, 1.807) is 18.3 Å². The average Bonchev–Trinajstić information content (AvgIpc) is 2.97. The first-order valence-corrected chi connectivity index (χ1v) is 8.60. The molecule has 116 valence electrons. The molecule has 1 aliphatic heterocycles. The number of nitrogens with one attached hydrogen (secondary N) is 1. The van der Waals surface area contributed by atoms with Crippen molar-refractivity contribution in [1.29, 1.82) is 0 Å². The second-order valence-corrected chi connectivity index (χ2v) is 6.80. The Kier molecular flexibility index (Phi) is 4.55. The molecule has 0 unspecified atom stereocenters. The molecule has 0 spiro atoms. The van der Waals surface area contributed by atoms with Crippen LogP contribution in [0.15, 0.2) is 29.6 Å². The first-order chi connectivity index (χ1) is 10.6. The number of nitrogens with zero attached hydrogens (tertiary/aromatic N) is 2. The number of carbonyl (C=O) groups is 1. The second kappa shape index (κ2) is 6.58. The maximum absolute atomic E-state index is 11.4. The van der Waals surface area contributed by atoms with Crippen LogP contribution in [0.1, 0.15) is 18.2 Å². The van der Waals surface area contributed by atoms with Gasteiger partial charge in [-0.25, -0.2) is 4.98 Å². The van der Waals surface area contributed by atoms with Gasteiger partial charge in [0.1, 0.15) is 17.2 Å². The predicted octanol–water partition coefficient (Wildman–Crippen LogP) is 1.37. The maximum Gasteiger partial charge on any atom is 0.219 e. The molecule has 0 saturated carbocycles. The summed E-state index contributed by atoms with van der Waals surface area (Å²) in [6.07, 6.45) is 0. The van der Waals surface area contributed by atoms with Crippen molar-refractivity contribution in [1.82, 2.24) is 9.88 Å². The van der Waals surface area contributed by atoms with Gasteiger partial charge in [0.2, 0.25) is 5.91 Å².